The van der Waals surface area contributed by atoms with E-state index in [9.17, 15) is 9.59 Å². The van der Waals surface area contributed by atoms with Gasteiger partial charge in [-0.15, -0.1) is 0 Å². The van der Waals surface area contributed by atoms with Gasteiger partial charge in [-0.2, -0.15) is 0 Å². The third-order valence-corrected chi connectivity index (χ3v) is 7.01. The van der Waals surface area contributed by atoms with Gasteiger partial charge in [0.2, 0.25) is 0 Å². The monoisotopic (exact) mass is 374 g/mol. The van der Waals surface area contributed by atoms with E-state index in [1.54, 1.807) is 12.1 Å². The summed E-state index contributed by atoms with van der Waals surface area (Å²) in [4.78, 5) is 23.8. The van der Waals surface area contributed by atoms with E-state index in [0.29, 0.717) is 5.56 Å². The topological polar surface area (TPSA) is 52.6 Å². The van der Waals surface area contributed by atoms with Crippen LogP contribution < -0.4 is 0 Å². The number of carbonyl (C=O) groups excluding carboxylic acids is 2. The molecule has 0 amide bonds. The standard InChI is InChI=1S/C14H15IO4/c16-13(10-6-2-1-3-7-10)18-15-12-9-5-4-8-11(12)14(17)19-15/h4-5,8-10H,1-3,6-7H2. The first-order chi connectivity index (χ1) is 9.25. The van der Waals surface area contributed by atoms with Crippen LogP contribution >= 0.6 is 20.6 Å². The average molecular weight is 374 g/mol. The molecule has 1 fully saturated rings. The molecule has 0 bridgehead atoms. The maximum atomic E-state index is 12.1. The van der Waals surface area contributed by atoms with E-state index >= 15 is 0 Å². The molecule has 0 unspecified atom stereocenters. The molecular formula is C14H15IO4. The van der Waals surface area contributed by atoms with E-state index in [1.807, 2.05) is 12.1 Å². The van der Waals surface area contributed by atoms with Crippen molar-refractivity contribution in [2.24, 2.45) is 5.92 Å². The Labute approximate surface area is 120 Å². The second kappa shape index (κ2) is 5.48. The molecule has 0 radical (unpaired) electrons. The van der Waals surface area contributed by atoms with Crippen LogP contribution in [0.4, 0.5) is 0 Å². The van der Waals surface area contributed by atoms with Gasteiger partial charge in [0, 0.05) is 0 Å². The van der Waals surface area contributed by atoms with Crippen molar-refractivity contribution in [3.8, 4) is 0 Å². The summed E-state index contributed by atoms with van der Waals surface area (Å²) < 4.78 is 11.6. The fraction of sp³-hybridized carbons (Fsp3) is 0.429. The van der Waals surface area contributed by atoms with Crippen molar-refractivity contribution in [3.05, 3.63) is 33.4 Å². The summed E-state index contributed by atoms with van der Waals surface area (Å²) in [5.41, 5.74) is 0.559. The van der Waals surface area contributed by atoms with Gasteiger partial charge in [0.1, 0.15) is 0 Å². The molecular weight excluding hydrogens is 359 g/mol. The molecule has 1 aliphatic heterocycles. The van der Waals surface area contributed by atoms with E-state index in [2.05, 4.69) is 0 Å². The van der Waals surface area contributed by atoms with Crippen molar-refractivity contribution >= 4 is 32.6 Å². The second-order valence-corrected chi connectivity index (χ2v) is 8.08. The zero-order valence-corrected chi connectivity index (χ0v) is 12.6. The van der Waals surface area contributed by atoms with Crippen molar-refractivity contribution in [2.75, 3.05) is 0 Å². The fourth-order valence-electron chi connectivity index (χ4n) is 2.44. The predicted molar refractivity (Wildman–Crippen MR) is 77.2 cm³/mol. The number of carbonyl (C=O) groups is 2. The van der Waals surface area contributed by atoms with Gasteiger partial charge in [0.05, 0.1) is 0 Å². The number of rotatable bonds is 2. The van der Waals surface area contributed by atoms with Gasteiger partial charge in [-0.25, -0.2) is 0 Å². The Bertz CT molecular complexity index is 508. The molecule has 1 aliphatic carbocycles. The maximum absolute atomic E-state index is 12.1. The van der Waals surface area contributed by atoms with Crippen molar-refractivity contribution in [1.82, 2.24) is 0 Å². The quantitative estimate of drug-likeness (QED) is 0.744. The molecule has 2 aliphatic rings. The Morgan fingerprint density at radius 3 is 2.74 bits per heavy atom. The van der Waals surface area contributed by atoms with Gasteiger partial charge in [-0.1, -0.05) is 0 Å². The first kappa shape index (κ1) is 12.9. The van der Waals surface area contributed by atoms with Crippen molar-refractivity contribution in [3.63, 3.8) is 0 Å². The van der Waals surface area contributed by atoms with Crippen LogP contribution in [0.3, 0.4) is 0 Å². The summed E-state index contributed by atoms with van der Waals surface area (Å²) >= 11 is -2.56. The molecule has 0 saturated heterocycles. The second-order valence-electron chi connectivity index (χ2n) is 4.79. The molecule has 102 valence electrons. The molecule has 0 spiro atoms. The third kappa shape index (κ3) is 2.61. The zero-order valence-electron chi connectivity index (χ0n) is 10.4. The first-order valence-corrected chi connectivity index (χ1v) is 9.34. The Morgan fingerprint density at radius 2 is 1.95 bits per heavy atom. The Hall–Kier alpha value is -1.11. The summed E-state index contributed by atoms with van der Waals surface area (Å²) in [6.07, 6.45) is 5.18. The van der Waals surface area contributed by atoms with Crippen LogP contribution in [0, 0.1) is 9.49 Å². The van der Waals surface area contributed by atoms with E-state index in [0.717, 1.165) is 29.3 Å². The normalized spacial score (nSPS) is 20.8. The van der Waals surface area contributed by atoms with Crippen LogP contribution in [0.2, 0.25) is 0 Å². The third-order valence-electron chi connectivity index (χ3n) is 3.48. The van der Waals surface area contributed by atoms with Crippen LogP contribution in [-0.2, 0) is 10.9 Å². The van der Waals surface area contributed by atoms with E-state index in [1.165, 1.54) is 6.42 Å². The Balaban J connectivity index is 1.71. The summed E-state index contributed by atoms with van der Waals surface area (Å²) in [7, 11) is 0. The molecule has 1 aromatic rings. The number of hydrogen-bond donors (Lipinski definition) is 0. The molecule has 4 nitrogen and oxygen atoms in total. The van der Waals surface area contributed by atoms with Crippen molar-refractivity contribution < 1.29 is 15.7 Å². The van der Waals surface area contributed by atoms with E-state index < -0.39 is 20.6 Å². The van der Waals surface area contributed by atoms with E-state index in [-0.39, 0.29) is 17.9 Å². The summed E-state index contributed by atoms with van der Waals surface area (Å²) in [6, 6.07) is 7.20. The Morgan fingerprint density at radius 1 is 1.21 bits per heavy atom. The zero-order chi connectivity index (χ0) is 13.2. The van der Waals surface area contributed by atoms with Crippen LogP contribution in [0.25, 0.3) is 0 Å². The van der Waals surface area contributed by atoms with Crippen molar-refractivity contribution in [2.45, 2.75) is 32.1 Å². The Kier molecular flexibility index (Phi) is 3.72. The van der Waals surface area contributed by atoms with Crippen LogP contribution in [0.15, 0.2) is 24.3 Å². The molecule has 1 heterocycles. The fourth-order valence-corrected chi connectivity index (χ4v) is 5.73. The summed E-state index contributed by atoms with van der Waals surface area (Å²) in [6.45, 7) is 0. The molecule has 19 heavy (non-hydrogen) atoms. The van der Waals surface area contributed by atoms with Gasteiger partial charge >= 0.3 is 120 Å². The van der Waals surface area contributed by atoms with Crippen LogP contribution in [-0.4, -0.2) is 11.9 Å². The molecule has 1 saturated carbocycles. The SMILES string of the molecule is O=C1OI(OC(=O)C2CCCCC2)c2ccccc21. The molecule has 0 aromatic heterocycles. The van der Waals surface area contributed by atoms with Crippen LogP contribution in [0.1, 0.15) is 42.5 Å². The number of halogens is 1. The van der Waals surface area contributed by atoms with Gasteiger partial charge in [0.25, 0.3) is 0 Å². The van der Waals surface area contributed by atoms with E-state index in [4.69, 9.17) is 6.13 Å². The van der Waals surface area contributed by atoms with Crippen molar-refractivity contribution in [1.29, 1.82) is 0 Å². The van der Waals surface area contributed by atoms with Gasteiger partial charge in [0.15, 0.2) is 0 Å². The van der Waals surface area contributed by atoms with Gasteiger partial charge in [-0.05, 0) is 0 Å². The number of fused-ring (bicyclic) bond motifs is 1. The first-order valence-electron chi connectivity index (χ1n) is 6.50. The minimum absolute atomic E-state index is 0.00230. The summed E-state index contributed by atoms with van der Waals surface area (Å²) in [5.74, 6) is -0.524. The van der Waals surface area contributed by atoms with Crippen LogP contribution in [0.5, 0.6) is 0 Å². The molecule has 5 heteroatoms. The molecule has 1 aromatic carbocycles. The van der Waals surface area contributed by atoms with Gasteiger partial charge in [-0.3, -0.25) is 0 Å². The average Bonchev–Trinajstić information content (AvgIpc) is 2.77. The summed E-state index contributed by atoms with van der Waals surface area (Å²) in [5, 5.41) is 0. The molecule has 3 rings (SSSR count). The molecule has 0 N–H and O–H groups in total. The van der Waals surface area contributed by atoms with Gasteiger partial charge < -0.3 is 0 Å². The molecule has 0 atom stereocenters. The minimum atomic E-state index is -2.56. The predicted octanol–water partition coefficient (Wildman–Crippen LogP) is 3.49. The number of hydrogen-bond acceptors (Lipinski definition) is 4. The number of benzene rings is 1.